The van der Waals surface area contributed by atoms with Gasteiger partial charge in [0.1, 0.15) is 24.5 Å². The number of rotatable bonds is 4. The second-order valence-corrected chi connectivity index (χ2v) is 7.74. The number of hydrogen-bond donors (Lipinski definition) is 1. The Kier molecular flexibility index (Phi) is 4.58. The van der Waals surface area contributed by atoms with Crippen LogP contribution in [0.25, 0.3) is 5.69 Å². The number of nitrogens with zero attached hydrogens (tertiary/aromatic N) is 4. The fraction of sp³-hybridized carbons (Fsp3) is 0.364. The molecule has 1 aromatic heterocycles. The zero-order valence-corrected chi connectivity index (χ0v) is 15.8. The summed E-state index contributed by atoms with van der Waals surface area (Å²) in [5, 5.41) is 4.18. The van der Waals surface area contributed by atoms with Crippen molar-refractivity contribution in [2.45, 2.75) is 37.5 Å². The van der Waals surface area contributed by atoms with Crippen LogP contribution in [-0.2, 0) is 6.42 Å². The van der Waals surface area contributed by atoms with Gasteiger partial charge >= 0.3 is 0 Å². The molecule has 3 atom stereocenters. The van der Waals surface area contributed by atoms with Gasteiger partial charge in [0, 0.05) is 12.6 Å². The van der Waals surface area contributed by atoms with Crippen molar-refractivity contribution >= 4 is 0 Å². The second-order valence-electron chi connectivity index (χ2n) is 7.74. The first kappa shape index (κ1) is 17.4. The molecule has 0 bridgehead atoms. The molecule has 1 saturated heterocycles. The molecular formula is C22H25N5O. The van der Waals surface area contributed by atoms with E-state index in [1.165, 1.54) is 17.5 Å². The molecule has 2 aliphatic rings. The van der Waals surface area contributed by atoms with Gasteiger partial charge in [0.2, 0.25) is 0 Å². The number of fused-ring (bicyclic) bond motifs is 1. The van der Waals surface area contributed by atoms with Gasteiger partial charge in [-0.05, 0) is 61.2 Å². The summed E-state index contributed by atoms with van der Waals surface area (Å²) in [5.74, 6) is 0.872. The highest BCUT2D eigenvalue weighted by Gasteiger charge is 2.39. The maximum atomic E-state index is 6.55. The van der Waals surface area contributed by atoms with Crippen molar-refractivity contribution in [1.29, 1.82) is 0 Å². The summed E-state index contributed by atoms with van der Waals surface area (Å²) in [4.78, 5) is 6.53. The van der Waals surface area contributed by atoms with Crippen LogP contribution < -0.4 is 10.5 Å². The SMILES string of the molecule is N[C@H]1CCCN([C@@H]2Cc3ccccc3[C@H]2Oc2ccc(-n3cncn3)cc2)C1. The van der Waals surface area contributed by atoms with Crippen LogP contribution in [0.15, 0.2) is 61.2 Å². The van der Waals surface area contributed by atoms with Crippen molar-refractivity contribution in [3.63, 3.8) is 0 Å². The average Bonchev–Trinajstić information content (AvgIpc) is 3.38. The Hall–Kier alpha value is -2.70. The van der Waals surface area contributed by atoms with Crippen molar-refractivity contribution in [1.82, 2.24) is 19.7 Å². The minimum atomic E-state index is 0.0266. The van der Waals surface area contributed by atoms with Crippen molar-refractivity contribution in [3.05, 3.63) is 72.3 Å². The normalized spacial score (nSPS) is 24.8. The molecule has 0 unspecified atom stereocenters. The molecule has 0 amide bonds. The van der Waals surface area contributed by atoms with E-state index in [0.717, 1.165) is 43.8 Å². The Balaban J connectivity index is 1.40. The maximum Gasteiger partial charge on any atom is 0.140 e. The molecule has 144 valence electrons. The first-order chi connectivity index (χ1) is 13.8. The van der Waals surface area contributed by atoms with Gasteiger partial charge in [-0.1, -0.05) is 24.3 Å². The van der Waals surface area contributed by atoms with Crippen molar-refractivity contribution < 1.29 is 4.74 Å². The molecule has 2 heterocycles. The van der Waals surface area contributed by atoms with Gasteiger partial charge in [0.05, 0.1) is 11.7 Å². The molecule has 28 heavy (non-hydrogen) atoms. The topological polar surface area (TPSA) is 69.2 Å². The molecule has 1 fully saturated rings. The monoisotopic (exact) mass is 375 g/mol. The van der Waals surface area contributed by atoms with Gasteiger partial charge in [-0.15, -0.1) is 0 Å². The lowest BCUT2D eigenvalue weighted by atomic mass is 10.0. The standard InChI is InChI=1S/C22H25N5O/c23-17-5-3-11-26(13-17)21-12-16-4-1-2-6-20(16)22(21)28-19-9-7-18(8-10-19)27-15-24-14-25-27/h1-2,4,6-10,14-15,17,21-22H,3,5,11-13,23H2/t17-,21+,22+/m0/s1. The van der Waals surface area contributed by atoms with Gasteiger partial charge in [-0.3, -0.25) is 4.90 Å². The molecule has 3 aromatic rings. The summed E-state index contributed by atoms with van der Waals surface area (Å²) in [7, 11) is 0. The van der Waals surface area contributed by atoms with Crippen LogP contribution in [0.5, 0.6) is 5.75 Å². The van der Waals surface area contributed by atoms with Gasteiger partial charge in [0.25, 0.3) is 0 Å². The predicted octanol–water partition coefficient (Wildman–Crippen LogP) is 2.74. The summed E-state index contributed by atoms with van der Waals surface area (Å²) < 4.78 is 8.29. The van der Waals surface area contributed by atoms with E-state index in [1.807, 2.05) is 24.3 Å². The molecule has 2 N–H and O–H groups in total. The fourth-order valence-corrected chi connectivity index (χ4v) is 4.51. The molecule has 2 aromatic carbocycles. The summed E-state index contributed by atoms with van der Waals surface area (Å²) in [6.45, 7) is 2.04. The maximum absolute atomic E-state index is 6.55. The van der Waals surface area contributed by atoms with Crippen LogP contribution in [0.4, 0.5) is 0 Å². The highest BCUT2D eigenvalue weighted by molar-refractivity contribution is 5.40. The molecule has 0 radical (unpaired) electrons. The van der Waals surface area contributed by atoms with Crippen LogP contribution in [0.3, 0.4) is 0 Å². The molecule has 0 spiro atoms. The lowest BCUT2D eigenvalue weighted by Gasteiger charge is -2.38. The molecule has 1 aliphatic heterocycles. The summed E-state index contributed by atoms with van der Waals surface area (Å²) >= 11 is 0. The third-order valence-electron chi connectivity index (χ3n) is 5.88. The minimum absolute atomic E-state index is 0.0266. The van der Waals surface area contributed by atoms with E-state index in [4.69, 9.17) is 10.5 Å². The van der Waals surface area contributed by atoms with Gasteiger partial charge < -0.3 is 10.5 Å². The van der Waals surface area contributed by atoms with Gasteiger partial charge in [0.15, 0.2) is 0 Å². The molecule has 1 aliphatic carbocycles. The van der Waals surface area contributed by atoms with Crippen molar-refractivity contribution in [3.8, 4) is 11.4 Å². The largest absolute Gasteiger partial charge is 0.484 e. The number of nitrogens with two attached hydrogens (primary N) is 1. The minimum Gasteiger partial charge on any atom is -0.484 e. The van der Waals surface area contributed by atoms with E-state index in [-0.39, 0.29) is 12.1 Å². The first-order valence-electron chi connectivity index (χ1n) is 9.97. The number of piperidine rings is 1. The van der Waals surface area contributed by atoms with Crippen LogP contribution in [0.2, 0.25) is 0 Å². The quantitative estimate of drug-likeness (QED) is 0.759. The van der Waals surface area contributed by atoms with Gasteiger partial charge in [-0.25, -0.2) is 9.67 Å². The highest BCUT2D eigenvalue weighted by Crippen LogP contribution is 2.38. The van der Waals surface area contributed by atoms with Crippen LogP contribution in [0.1, 0.15) is 30.1 Å². The number of ether oxygens (including phenoxy) is 1. The van der Waals surface area contributed by atoms with Crippen LogP contribution in [0, 0.1) is 0 Å². The van der Waals surface area contributed by atoms with Crippen molar-refractivity contribution in [2.75, 3.05) is 13.1 Å². The Morgan fingerprint density at radius 1 is 1.07 bits per heavy atom. The lowest BCUT2D eigenvalue weighted by Crippen LogP contribution is -2.49. The Labute approximate surface area is 164 Å². The average molecular weight is 375 g/mol. The number of hydrogen-bond acceptors (Lipinski definition) is 5. The Bertz CT molecular complexity index is 924. The molecular weight excluding hydrogens is 350 g/mol. The third kappa shape index (κ3) is 3.30. The van der Waals surface area contributed by atoms with Crippen molar-refractivity contribution in [2.24, 2.45) is 5.73 Å². The van der Waals surface area contributed by atoms with E-state index < -0.39 is 0 Å². The molecule has 6 nitrogen and oxygen atoms in total. The number of likely N-dealkylation sites (tertiary alicyclic amines) is 1. The third-order valence-corrected chi connectivity index (χ3v) is 5.88. The zero-order valence-electron chi connectivity index (χ0n) is 15.8. The second kappa shape index (κ2) is 7.37. The first-order valence-corrected chi connectivity index (χ1v) is 9.97. The fourth-order valence-electron chi connectivity index (χ4n) is 4.51. The summed E-state index contributed by atoms with van der Waals surface area (Å²) in [5.41, 5.74) is 9.91. The van der Waals surface area contributed by atoms with E-state index in [2.05, 4.69) is 39.2 Å². The lowest BCUT2D eigenvalue weighted by molar-refractivity contribution is 0.0593. The number of aromatic nitrogens is 3. The summed E-state index contributed by atoms with van der Waals surface area (Å²) in [6, 6.07) is 17.3. The predicted molar refractivity (Wildman–Crippen MR) is 107 cm³/mol. The molecule has 6 heteroatoms. The number of benzene rings is 2. The van der Waals surface area contributed by atoms with E-state index in [0.29, 0.717) is 6.04 Å². The Morgan fingerprint density at radius 3 is 2.71 bits per heavy atom. The van der Waals surface area contributed by atoms with E-state index in [1.54, 1.807) is 11.0 Å². The van der Waals surface area contributed by atoms with E-state index >= 15 is 0 Å². The highest BCUT2D eigenvalue weighted by atomic mass is 16.5. The van der Waals surface area contributed by atoms with Crippen LogP contribution in [-0.4, -0.2) is 44.8 Å². The Morgan fingerprint density at radius 2 is 1.93 bits per heavy atom. The van der Waals surface area contributed by atoms with Crippen LogP contribution >= 0.6 is 0 Å². The van der Waals surface area contributed by atoms with Gasteiger partial charge in [-0.2, -0.15) is 5.10 Å². The zero-order chi connectivity index (χ0) is 18.9. The molecule has 5 rings (SSSR count). The van der Waals surface area contributed by atoms with E-state index in [9.17, 15) is 0 Å². The summed E-state index contributed by atoms with van der Waals surface area (Å²) in [6.07, 6.45) is 6.55. The molecule has 0 saturated carbocycles. The smallest absolute Gasteiger partial charge is 0.140 e.